The lowest BCUT2D eigenvalue weighted by atomic mass is 10.6. The van der Waals surface area contributed by atoms with Crippen LogP contribution in [0, 0.1) is 0 Å². The van der Waals surface area contributed by atoms with Gasteiger partial charge < -0.3 is 9.47 Å². The zero-order valence-electron chi connectivity index (χ0n) is 8.58. The molecule has 0 unspecified atom stereocenters. The second kappa shape index (κ2) is 8.95. The van der Waals surface area contributed by atoms with Crippen LogP contribution in [0.2, 0.25) is 0 Å². The molecule has 0 fully saturated rings. The van der Waals surface area contributed by atoms with Crippen LogP contribution >= 0.6 is 0 Å². The van der Waals surface area contributed by atoms with Gasteiger partial charge in [0.2, 0.25) is 0 Å². The summed E-state index contributed by atoms with van der Waals surface area (Å²) in [5.74, 6) is 0. The summed E-state index contributed by atoms with van der Waals surface area (Å²) in [6, 6.07) is 0. The third kappa shape index (κ3) is 11.6. The predicted octanol–water partition coefficient (Wildman–Crippen LogP) is -0.532. The van der Waals surface area contributed by atoms with Crippen LogP contribution in [0.15, 0.2) is 0 Å². The van der Waals surface area contributed by atoms with E-state index in [4.69, 9.17) is 14.0 Å². The van der Waals surface area contributed by atoms with Crippen LogP contribution < -0.4 is 0 Å². The SMILES string of the molecule is COCCN(CCOC)OS(=O)(=O)O.F. The van der Waals surface area contributed by atoms with E-state index >= 15 is 0 Å². The molecule has 0 aromatic carbocycles. The highest BCUT2D eigenvalue weighted by Gasteiger charge is 2.13. The average molecular weight is 249 g/mol. The molecule has 7 nitrogen and oxygen atoms in total. The Kier molecular flexibility index (Phi) is 10.2. The normalized spacial score (nSPS) is 11.5. The molecule has 0 heterocycles. The molecule has 0 radical (unpaired) electrons. The molecule has 0 aliphatic heterocycles. The van der Waals surface area contributed by atoms with Crippen LogP contribution in [0.25, 0.3) is 0 Å². The van der Waals surface area contributed by atoms with E-state index < -0.39 is 10.4 Å². The van der Waals surface area contributed by atoms with Crippen LogP contribution in [0.3, 0.4) is 0 Å². The summed E-state index contributed by atoms with van der Waals surface area (Å²) in [6.45, 7) is 1.03. The van der Waals surface area contributed by atoms with Crippen molar-refractivity contribution in [2.45, 2.75) is 0 Å². The Bertz CT molecular complexity index is 226. The Morgan fingerprint density at radius 2 is 1.53 bits per heavy atom. The van der Waals surface area contributed by atoms with E-state index in [1.54, 1.807) is 0 Å². The van der Waals surface area contributed by atoms with Gasteiger partial charge in [0.05, 0.1) is 13.2 Å². The van der Waals surface area contributed by atoms with Crippen molar-refractivity contribution in [3.63, 3.8) is 0 Å². The van der Waals surface area contributed by atoms with Crippen LogP contribution in [-0.2, 0) is 24.2 Å². The van der Waals surface area contributed by atoms with Crippen molar-refractivity contribution < 1.29 is 31.4 Å². The van der Waals surface area contributed by atoms with Crippen molar-refractivity contribution in [3.8, 4) is 0 Å². The zero-order valence-corrected chi connectivity index (χ0v) is 9.40. The van der Waals surface area contributed by atoms with Crippen LogP contribution in [0.4, 0.5) is 4.70 Å². The lowest BCUT2D eigenvalue weighted by molar-refractivity contribution is -0.0839. The van der Waals surface area contributed by atoms with Crippen molar-refractivity contribution in [2.75, 3.05) is 40.5 Å². The molecule has 0 rings (SSSR count). The first-order valence-corrected chi connectivity index (χ1v) is 5.26. The van der Waals surface area contributed by atoms with E-state index in [1.807, 2.05) is 0 Å². The van der Waals surface area contributed by atoms with Gasteiger partial charge in [-0.15, -0.1) is 0 Å². The summed E-state index contributed by atoms with van der Waals surface area (Å²) in [5, 5.41) is 1.04. The summed E-state index contributed by atoms with van der Waals surface area (Å²) >= 11 is 0. The molecule has 0 aromatic heterocycles. The Morgan fingerprint density at radius 3 is 1.80 bits per heavy atom. The second-order valence-electron chi connectivity index (χ2n) is 2.42. The van der Waals surface area contributed by atoms with E-state index in [1.165, 1.54) is 14.2 Å². The fourth-order valence-corrected chi connectivity index (χ4v) is 1.12. The number of hydrogen-bond acceptors (Lipinski definition) is 6. The maximum atomic E-state index is 10.4. The van der Waals surface area contributed by atoms with Gasteiger partial charge in [-0.1, -0.05) is 0 Å². The van der Waals surface area contributed by atoms with Gasteiger partial charge in [-0.2, -0.15) is 17.8 Å². The van der Waals surface area contributed by atoms with Gasteiger partial charge in [0.1, 0.15) is 0 Å². The van der Waals surface area contributed by atoms with E-state index in [0.29, 0.717) is 13.2 Å². The number of rotatable bonds is 8. The van der Waals surface area contributed by atoms with Gasteiger partial charge in [0.25, 0.3) is 0 Å². The lowest BCUT2D eigenvalue weighted by Crippen LogP contribution is -2.33. The molecule has 0 atom stereocenters. The quantitative estimate of drug-likeness (QED) is 0.457. The highest BCUT2D eigenvalue weighted by molar-refractivity contribution is 7.80. The molecule has 0 spiro atoms. The number of methoxy groups -OCH3 is 2. The van der Waals surface area contributed by atoms with Gasteiger partial charge in [0, 0.05) is 27.3 Å². The minimum Gasteiger partial charge on any atom is -0.383 e. The van der Waals surface area contributed by atoms with Gasteiger partial charge in [-0.3, -0.25) is 9.26 Å². The van der Waals surface area contributed by atoms with E-state index in [0.717, 1.165) is 5.06 Å². The highest BCUT2D eigenvalue weighted by Crippen LogP contribution is 1.96. The largest absolute Gasteiger partial charge is 0.413 e. The summed E-state index contributed by atoms with van der Waals surface area (Å²) in [4.78, 5) is 0. The van der Waals surface area contributed by atoms with E-state index in [2.05, 4.69) is 4.28 Å². The minimum atomic E-state index is -4.47. The number of nitrogens with zero attached hydrogens (tertiary/aromatic N) is 1. The molecular formula is C6H16FNO6S. The van der Waals surface area contributed by atoms with Crippen molar-refractivity contribution in [1.82, 2.24) is 5.06 Å². The Balaban J connectivity index is 0. The number of halogens is 1. The molecule has 9 heteroatoms. The first-order valence-electron chi connectivity index (χ1n) is 3.89. The zero-order chi connectivity index (χ0) is 11.0. The first kappa shape index (κ1) is 17.1. The monoisotopic (exact) mass is 249 g/mol. The standard InChI is InChI=1S/C6H15NO6S.FH/c1-11-5-3-7(4-6-12-2)13-14(8,9)10;/h3-6H2,1-2H3,(H,8,9,10);1H. The molecule has 1 N–H and O–H groups in total. The molecule has 0 amide bonds. The molecule has 0 saturated carbocycles. The lowest BCUT2D eigenvalue weighted by Gasteiger charge is -2.17. The van der Waals surface area contributed by atoms with Gasteiger partial charge in [-0.05, 0) is 0 Å². The smallest absolute Gasteiger partial charge is 0.383 e. The summed E-state index contributed by atoms with van der Waals surface area (Å²) in [5.41, 5.74) is 0. The average Bonchev–Trinajstić information content (AvgIpc) is 2.07. The predicted molar refractivity (Wildman–Crippen MR) is 50.5 cm³/mol. The molecule has 94 valence electrons. The van der Waals surface area contributed by atoms with E-state index in [-0.39, 0.29) is 17.8 Å². The fraction of sp³-hybridized carbons (Fsp3) is 1.00. The maximum Gasteiger partial charge on any atom is 0.413 e. The Labute approximate surface area is 88.2 Å². The minimum absolute atomic E-state index is 0. The number of hydrogen-bond donors (Lipinski definition) is 1. The molecule has 15 heavy (non-hydrogen) atoms. The number of hydroxylamine groups is 2. The van der Waals surface area contributed by atoms with Crippen LogP contribution in [0.1, 0.15) is 0 Å². The first-order chi connectivity index (χ1) is 6.49. The van der Waals surface area contributed by atoms with Crippen molar-refractivity contribution in [2.24, 2.45) is 0 Å². The fourth-order valence-electron chi connectivity index (χ4n) is 0.706. The van der Waals surface area contributed by atoms with Crippen LogP contribution in [-0.4, -0.2) is 58.6 Å². The van der Waals surface area contributed by atoms with Gasteiger partial charge in [-0.25, -0.2) is 0 Å². The molecule has 0 aliphatic carbocycles. The van der Waals surface area contributed by atoms with Crippen molar-refractivity contribution in [3.05, 3.63) is 0 Å². The number of ether oxygens (including phenoxy) is 2. The highest BCUT2D eigenvalue weighted by atomic mass is 32.3. The third-order valence-corrected chi connectivity index (χ3v) is 1.69. The summed E-state index contributed by atoms with van der Waals surface area (Å²) in [7, 11) is -1.52. The van der Waals surface area contributed by atoms with E-state index in [9.17, 15) is 8.42 Å². The Hall–Kier alpha value is -0.320. The topological polar surface area (TPSA) is 85.3 Å². The van der Waals surface area contributed by atoms with Crippen molar-refractivity contribution in [1.29, 1.82) is 0 Å². The molecule has 0 aliphatic rings. The molecule has 0 aromatic rings. The van der Waals surface area contributed by atoms with Crippen molar-refractivity contribution >= 4 is 10.4 Å². The molecular weight excluding hydrogens is 233 g/mol. The Morgan fingerprint density at radius 1 is 1.13 bits per heavy atom. The molecule has 0 bridgehead atoms. The summed E-state index contributed by atoms with van der Waals surface area (Å²) < 4.78 is 42.9. The van der Waals surface area contributed by atoms with Crippen LogP contribution in [0.5, 0.6) is 0 Å². The summed E-state index contributed by atoms with van der Waals surface area (Å²) in [6.07, 6.45) is 0. The maximum absolute atomic E-state index is 10.4. The van der Waals surface area contributed by atoms with Gasteiger partial charge >= 0.3 is 10.4 Å². The second-order valence-corrected chi connectivity index (χ2v) is 3.42. The third-order valence-electron chi connectivity index (χ3n) is 1.29. The molecule has 0 saturated heterocycles. The van der Waals surface area contributed by atoms with Gasteiger partial charge in [0.15, 0.2) is 0 Å².